The zero-order chi connectivity index (χ0) is 23.9. The summed E-state index contributed by atoms with van der Waals surface area (Å²) in [7, 11) is -0.475. The molecule has 0 unspecified atom stereocenters. The lowest BCUT2D eigenvalue weighted by Gasteiger charge is -2.09. The van der Waals surface area contributed by atoms with Gasteiger partial charge < -0.3 is 15.5 Å². The molecule has 0 saturated carbocycles. The summed E-state index contributed by atoms with van der Waals surface area (Å²) in [4.78, 5) is 19.2. The van der Waals surface area contributed by atoms with E-state index in [1.54, 1.807) is 38.4 Å². The van der Waals surface area contributed by atoms with Gasteiger partial charge in [-0.05, 0) is 30.8 Å². The molecule has 3 aromatic rings. The number of halogens is 1. The predicted octanol–water partition coefficient (Wildman–Crippen LogP) is 1.70. The average Bonchev–Trinajstić information content (AvgIpc) is 3.35. The van der Waals surface area contributed by atoms with Crippen LogP contribution in [0.15, 0.2) is 66.0 Å². The third kappa shape index (κ3) is 6.12. The molecular formula is C20H21FN4O6S. The molecule has 170 valence electrons. The van der Waals surface area contributed by atoms with Crippen molar-refractivity contribution < 1.29 is 32.6 Å². The van der Waals surface area contributed by atoms with Gasteiger partial charge in [0.1, 0.15) is 10.7 Å². The maximum absolute atomic E-state index is 14.2. The van der Waals surface area contributed by atoms with Gasteiger partial charge in [0.2, 0.25) is 0 Å². The first-order valence-electron chi connectivity index (χ1n) is 9.05. The molecule has 1 aromatic carbocycles. The summed E-state index contributed by atoms with van der Waals surface area (Å²) in [6.45, 7) is 0.469. The number of aromatic nitrogens is 3. The number of benzene rings is 1. The number of nitrogens with zero attached hydrogens (tertiary/aromatic N) is 3. The van der Waals surface area contributed by atoms with Crippen molar-refractivity contribution in [2.45, 2.75) is 11.4 Å². The normalized spacial score (nSPS) is 11.2. The molecule has 2 aromatic heterocycles. The standard InChI is InChI=1S/C16H17FN4O2S.C4H4O4/c1-18-8-12-7-16(14-5-3-4-6-15(14)17)21(10-12)24(22,23)13-9-19-20(2)11-13;5-3(6)1-2-4(7)8/h3-7,9-11,18H,8H2,1-2H3;1-2H,(H,5,6)(H,7,8). The lowest BCUT2D eigenvalue weighted by atomic mass is 10.1. The van der Waals surface area contributed by atoms with Gasteiger partial charge in [0.25, 0.3) is 10.0 Å². The number of aryl methyl sites for hydroxylation is 1. The van der Waals surface area contributed by atoms with Gasteiger partial charge in [0, 0.05) is 43.7 Å². The predicted molar refractivity (Wildman–Crippen MR) is 113 cm³/mol. The summed E-state index contributed by atoms with van der Waals surface area (Å²) in [5.41, 5.74) is 1.25. The van der Waals surface area contributed by atoms with Gasteiger partial charge in [0.15, 0.2) is 0 Å². The summed E-state index contributed by atoms with van der Waals surface area (Å²) >= 11 is 0. The molecule has 0 radical (unpaired) electrons. The van der Waals surface area contributed by atoms with Crippen molar-refractivity contribution in [3.05, 3.63) is 72.5 Å². The Kier molecular flexibility index (Phi) is 8.04. The maximum atomic E-state index is 14.2. The minimum atomic E-state index is -3.87. The van der Waals surface area contributed by atoms with Gasteiger partial charge in [-0.25, -0.2) is 26.4 Å². The van der Waals surface area contributed by atoms with E-state index in [-0.39, 0.29) is 16.2 Å². The third-order valence-electron chi connectivity index (χ3n) is 3.98. The highest BCUT2D eigenvalue weighted by molar-refractivity contribution is 7.90. The lowest BCUT2D eigenvalue weighted by molar-refractivity contribution is -0.134. The maximum Gasteiger partial charge on any atom is 0.328 e. The molecule has 0 atom stereocenters. The fourth-order valence-electron chi connectivity index (χ4n) is 2.65. The summed E-state index contributed by atoms with van der Waals surface area (Å²) in [6.07, 6.45) is 5.31. The topological polar surface area (TPSA) is 144 Å². The molecule has 0 aliphatic carbocycles. The number of nitrogens with one attached hydrogen (secondary N) is 1. The Balaban J connectivity index is 0.000000390. The first-order valence-corrected chi connectivity index (χ1v) is 10.5. The van der Waals surface area contributed by atoms with Crippen LogP contribution in [0.3, 0.4) is 0 Å². The van der Waals surface area contributed by atoms with Gasteiger partial charge in [-0.15, -0.1) is 0 Å². The lowest BCUT2D eigenvalue weighted by Crippen LogP contribution is -2.13. The van der Waals surface area contributed by atoms with Crippen molar-refractivity contribution in [2.75, 3.05) is 7.05 Å². The fraction of sp³-hybridized carbons (Fsp3) is 0.150. The minimum Gasteiger partial charge on any atom is -0.478 e. The Hall–Kier alpha value is -3.77. The number of aliphatic carboxylic acids is 2. The highest BCUT2D eigenvalue weighted by Gasteiger charge is 2.24. The van der Waals surface area contributed by atoms with E-state index in [0.717, 1.165) is 9.54 Å². The summed E-state index contributed by atoms with van der Waals surface area (Å²) < 4.78 is 42.6. The van der Waals surface area contributed by atoms with Crippen LogP contribution in [0.5, 0.6) is 0 Å². The third-order valence-corrected chi connectivity index (χ3v) is 5.61. The Bertz CT molecular complexity index is 1230. The largest absolute Gasteiger partial charge is 0.478 e. The number of carboxylic acids is 2. The second-order valence-electron chi connectivity index (χ2n) is 6.40. The molecule has 0 spiro atoms. The van der Waals surface area contributed by atoms with Gasteiger partial charge in [0.05, 0.1) is 11.9 Å². The minimum absolute atomic E-state index is 0.0502. The zero-order valence-corrected chi connectivity index (χ0v) is 18.0. The van der Waals surface area contributed by atoms with Crippen molar-refractivity contribution in [2.24, 2.45) is 7.05 Å². The van der Waals surface area contributed by atoms with E-state index in [4.69, 9.17) is 10.2 Å². The molecule has 2 heterocycles. The highest BCUT2D eigenvalue weighted by atomic mass is 32.2. The number of hydrogen-bond acceptors (Lipinski definition) is 6. The highest BCUT2D eigenvalue weighted by Crippen LogP contribution is 2.28. The van der Waals surface area contributed by atoms with Crippen LogP contribution in [0.4, 0.5) is 4.39 Å². The van der Waals surface area contributed by atoms with Crippen LogP contribution in [-0.4, -0.2) is 51.4 Å². The van der Waals surface area contributed by atoms with Crippen LogP contribution < -0.4 is 5.32 Å². The molecule has 0 fully saturated rings. The van der Waals surface area contributed by atoms with E-state index in [2.05, 4.69) is 10.4 Å². The molecule has 32 heavy (non-hydrogen) atoms. The second-order valence-corrected chi connectivity index (χ2v) is 8.22. The molecule has 12 heteroatoms. The molecule has 3 N–H and O–H groups in total. The van der Waals surface area contributed by atoms with Crippen molar-refractivity contribution in [3.63, 3.8) is 0 Å². The van der Waals surface area contributed by atoms with Crippen LogP contribution >= 0.6 is 0 Å². The number of hydrogen-bond donors (Lipinski definition) is 3. The van der Waals surface area contributed by atoms with Gasteiger partial charge in [-0.3, -0.25) is 4.68 Å². The second kappa shape index (κ2) is 10.5. The average molecular weight is 464 g/mol. The molecule has 3 rings (SSSR count). The van der Waals surface area contributed by atoms with Gasteiger partial charge >= 0.3 is 11.9 Å². The van der Waals surface area contributed by atoms with Crippen LogP contribution in [0.25, 0.3) is 11.3 Å². The van der Waals surface area contributed by atoms with E-state index >= 15 is 0 Å². The Morgan fingerprint density at radius 3 is 2.28 bits per heavy atom. The number of carbonyl (C=O) groups is 2. The quantitative estimate of drug-likeness (QED) is 0.448. The summed E-state index contributed by atoms with van der Waals surface area (Å²) in [5.74, 6) is -2.99. The smallest absolute Gasteiger partial charge is 0.328 e. The molecule has 0 aliphatic rings. The van der Waals surface area contributed by atoms with Crippen LogP contribution in [0, 0.1) is 5.82 Å². The van der Waals surface area contributed by atoms with Crippen molar-refractivity contribution in [1.82, 2.24) is 19.1 Å². The Morgan fingerprint density at radius 2 is 1.78 bits per heavy atom. The van der Waals surface area contributed by atoms with E-state index < -0.39 is 27.8 Å². The number of rotatable bonds is 7. The van der Waals surface area contributed by atoms with Crippen molar-refractivity contribution in [3.8, 4) is 11.3 Å². The summed E-state index contributed by atoms with van der Waals surface area (Å²) in [6, 6.07) is 7.77. The first-order chi connectivity index (χ1) is 15.1. The SMILES string of the molecule is CNCc1cc(-c2ccccc2F)n(S(=O)(=O)c2cnn(C)c2)c1.O=C(O)C=CC(=O)O. The summed E-state index contributed by atoms with van der Waals surface area (Å²) in [5, 5.41) is 22.5. The molecule has 10 nitrogen and oxygen atoms in total. The van der Waals surface area contributed by atoms with Crippen LogP contribution in [0.1, 0.15) is 5.56 Å². The molecule has 0 amide bonds. The van der Waals surface area contributed by atoms with Crippen LogP contribution in [0.2, 0.25) is 0 Å². The Morgan fingerprint density at radius 1 is 1.16 bits per heavy atom. The van der Waals surface area contributed by atoms with Crippen molar-refractivity contribution >= 4 is 22.0 Å². The van der Waals surface area contributed by atoms with Gasteiger partial charge in [-0.2, -0.15) is 5.10 Å². The van der Waals surface area contributed by atoms with E-state index in [1.807, 2.05) is 0 Å². The molecular weight excluding hydrogens is 443 g/mol. The monoisotopic (exact) mass is 464 g/mol. The van der Waals surface area contributed by atoms with Crippen molar-refractivity contribution in [1.29, 1.82) is 0 Å². The molecule has 0 aliphatic heterocycles. The molecule has 0 saturated heterocycles. The molecule has 0 bridgehead atoms. The zero-order valence-electron chi connectivity index (χ0n) is 17.1. The van der Waals surface area contributed by atoms with E-state index in [0.29, 0.717) is 18.7 Å². The van der Waals surface area contributed by atoms with Gasteiger partial charge in [-0.1, -0.05) is 12.1 Å². The Labute approximate surface area is 183 Å². The van der Waals surface area contributed by atoms with E-state index in [1.165, 1.54) is 29.3 Å². The first kappa shape index (κ1) is 24.5. The number of carboxylic acid groups (broad SMARTS) is 2. The van der Waals surface area contributed by atoms with Crippen LogP contribution in [-0.2, 0) is 33.2 Å². The fourth-order valence-corrected chi connectivity index (χ4v) is 4.03. The van der Waals surface area contributed by atoms with E-state index in [9.17, 15) is 22.4 Å².